The molecule has 0 aliphatic rings. The van der Waals surface area contributed by atoms with Crippen LogP contribution in [0.4, 0.5) is 5.13 Å². The molecule has 0 saturated heterocycles. The fourth-order valence-electron chi connectivity index (χ4n) is 1.93. The van der Waals surface area contributed by atoms with E-state index in [1.165, 1.54) is 22.7 Å². The van der Waals surface area contributed by atoms with Gasteiger partial charge in [0.05, 0.1) is 4.88 Å². The smallest absolute Gasteiger partial charge is 0.267 e. The number of benzene rings is 1. The fourth-order valence-corrected chi connectivity index (χ4v) is 3.20. The maximum atomic E-state index is 12.0. The standard InChI is InChI=1S/C16H15N3O2S2/c1-10-5-6-11(2)12(8-10)21-9-14-18-19-16(23-14)17-15(20)13-4-3-7-22-13/h3-8H,9H2,1-2H3,(H,17,19,20). The molecule has 3 aromatic rings. The number of carbonyl (C=O) groups is 1. The van der Waals surface area contributed by atoms with Gasteiger partial charge in [-0.1, -0.05) is 29.5 Å². The molecule has 0 aliphatic heterocycles. The zero-order valence-corrected chi connectivity index (χ0v) is 14.3. The van der Waals surface area contributed by atoms with Gasteiger partial charge in [0.15, 0.2) is 5.01 Å². The van der Waals surface area contributed by atoms with Crippen molar-refractivity contribution in [2.45, 2.75) is 20.5 Å². The summed E-state index contributed by atoms with van der Waals surface area (Å²) >= 11 is 2.70. The quantitative estimate of drug-likeness (QED) is 0.758. The number of aromatic nitrogens is 2. The fraction of sp³-hybridized carbons (Fsp3) is 0.188. The van der Waals surface area contributed by atoms with Crippen LogP contribution in [0, 0.1) is 13.8 Å². The number of thiophene rings is 1. The highest BCUT2D eigenvalue weighted by Crippen LogP contribution is 2.23. The van der Waals surface area contributed by atoms with Crippen LogP contribution in [0.5, 0.6) is 5.75 Å². The van der Waals surface area contributed by atoms with E-state index in [2.05, 4.69) is 15.5 Å². The highest BCUT2D eigenvalue weighted by atomic mass is 32.1. The van der Waals surface area contributed by atoms with Crippen molar-refractivity contribution >= 4 is 33.7 Å². The number of anilines is 1. The van der Waals surface area contributed by atoms with Gasteiger partial charge < -0.3 is 4.74 Å². The highest BCUT2D eigenvalue weighted by molar-refractivity contribution is 7.15. The third kappa shape index (κ3) is 3.94. The molecule has 7 heteroatoms. The van der Waals surface area contributed by atoms with Crippen molar-refractivity contribution in [1.29, 1.82) is 0 Å². The number of rotatable bonds is 5. The Morgan fingerprint density at radius 3 is 2.91 bits per heavy atom. The lowest BCUT2D eigenvalue weighted by atomic mass is 10.1. The van der Waals surface area contributed by atoms with Gasteiger partial charge in [0.25, 0.3) is 5.91 Å². The number of hydrogen-bond donors (Lipinski definition) is 1. The second kappa shape index (κ2) is 6.89. The zero-order chi connectivity index (χ0) is 16.2. The molecule has 0 bridgehead atoms. The molecule has 0 spiro atoms. The van der Waals surface area contributed by atoms with Crippen molar-refractivity contribution in [1.82, 2.24) is 10.2 Å². The van der Waals surface area contributed by atoms with E-state index < -0.39 is 0 Å². The summed E-state index contributed by atoms with van der Waals surface area (Å²) in [5.41, 5.74) is 2.22. The van der Waals surface area contributed by atoms with Gasteiger partial charge >= 0.3 is 0 Å². The zero-order valence-electron chi connectivity index (χ0n) is 12.7. The third-order valence-electron chi connectivity index (χ3n) is 3.13. The molecular formula is C16H15N3O2S2. The molecule has 1 amide bonds. The van der Waals surface area contributed by atoms with Crippen molar-refractivity contribution in [2.24, 2.45) is 0 Å². The maximum Gasteiger partial charge on any atom is 0.267 e. The van der Waals surface area contributed by atoms with Crippen molar-refractivity contribution in [2.75, 3.05) is 5.32 Å². The molecule has 0 aliphatic carbocycles. The Bertz CT molecular complexity index is 813. The van der Waals surface area contributed by atoms with Crippen LogP contribution in [-0.2, 0) is 6.61 Å². The average molecular weight is 345 g/mol. The van der Waals surface area contributed by atoms with E-state index in [-0.39, 0.29) is 5.91 Å². The molecular weight excluding hydrogens is 330 g/mol. The SMILES string of the molecule is Cc1ccc(C)c(OCc2nnc(NC(=O)c3cccs3)s2)c1. The molecule has 2 heterocycles. The maximum absolute atomic E-state index is 12.0. The predicted molar refractivity (Wildman–Crippen MR) is 92.4 cm³/mol. The summed E-state index contributed by atoms with van der Waals surface area (Å²) in [5, 5.41) is 13.8. The third-order valence-corrected chi connectivity index (χ3v) is 4.81. The minimum Gasteiger partial charge on any atom is -0.486 e. The molecule has 5 nitrogen and oxygen atoms in total. The van der Waals surface area contributed by atoms with Gasteiger partial charge in [-0.2, -0.15) is 0 Å². The summed E-state index contributed by atoms with van der Waals surface area (Å²) in [6.07, 6.45) is 0. The van der Waals surface area contributed by atoms with Crippen molar-refractivity contribution in [3.8, 4) is 5.75 Å². The summed E-state index contributed by atoms with van der Waals surface area (Å²) in [5.74, 6) is 0.669. The summed E-state index contributed by atoms with van der Waals surface area (Å²) in [7, 11) is 0. The predicted octanol–water partition coefficient (Wildman–Crippen LogP) is 4.05. The van der Waals surface area contributed by atoms with Gasteiger partial charge in [0.2, 0.25) is 5.13 Å². The van der Waals surface area contributed by atoms with Crippen LogP contribution in [-0.4, -0.2) is 16.1 Å². The van der Waals surface area contributed by atoms with Crippen LogP contribution < -0.4 is 10.1 Å². The van der Waals surface area contributed by atoms with Crippen LogP contribution in [0.3, 0.4) is 0 Å². The summed E-state index contributed by atoms with van der Waals surface area (Å²) < 4.78 is 5.79. The molecule has 2 aromatic heterocycles. The molecule has 118 valence electrons. The van der Waals surface area contributed by atoms with E-state index >= 15 is 0 Å². The summed E-state index contributed by atoms with van der Waals surface area (Å²) in [6, 6.07) is 9.67. The Balaban J connectivity index is 1.61. The Hall–Kier alpha value is -2.25. The lowest BCUT2D eigenvalue weighted by Gasteiger charge is -2.07. The molecule has 0 atom stereocenters. The number of aryl methyl sites for hydroxylation is 2. The molecule has 1 aromatic carbocycles. The molecule has 23 heavy (non-hydrogen) atoms. The van der Waals surface area contributed by atoms with Crippen molar-refractivity contribution in [3.05, 3.63) is 56.7 Å². The van der Waals surface area contributed by atoms with Crippen LogP contribution in [0.1, 0.15) is 25.8 Å². The number of ether oxygens (including phenoxy) is 1. The van der Waals surface area contributed by atoms with Crippen molar-refractivity contribution < 1.29 is 9.53 Å². The second-order valence-corrected chi connectivity index (χ2v) is 7.00. The van der Waals surface area contributed by atoms with E-state index in [1.54, 1.807) is 6.07 Å². The average Bonchev–Trinajstić information content (AvgIpc) is 3.19. The lowest BCUT2D eigenvalue weighted by Crippen LogP contribution is -2.09. The number of nitrogens with zero attached hydrogens (tertiary/aromatic N) is 2. The van der Waals surface area contributed by atoms with Gasteiger partial charge in [-0.3, -0.25) is 10.1 Å². The largest absolute Gasteiger partial charge is 0.486 e. The van der Waals surface area contributed by atoms with E-state index in [0.29, 0.717) is 21.6 Å². The van der Waals surface area contributed by atoms with E-state index in [1.807, 2.05) is 43.5 Å². The first-order chi connectivity index (χ1) is 11.1. The topological polar surface area (TPSA) is 64.1 Å². The second-order valence-electron chi connectivity index (χ2n) is 4.99. The molecule has 1 N–H and O–H groups in total. The number of hydrogen-bond acceptors (Lipinski definition) is 6. The molecule has 0 fully saturated rings. The number of amides is 1. The van der Waals surface area contributed by atoms with E-state index in [0.717, 1.165) is 16.9 Å². The summed E-state index contributed by atoms with van der Waals surface area (Å²) in [6.45, 7) is 4.36. The molecule has 0 saturated carbocycles. The Kier molecular flexibility index (Phi) is 4.68. The lowest BCUT2D eigenvalue weighted by molar-refractivity contribution is 0.103. The van der Waals surface area contributed by atoms with Gasteiger partial charge in [0.1, 0.15) is 12.4 Å². The first-order valence-corrected chi connectivity index (χ1v) is 8.69. The van der Waals surface area contributed by atoms with Crippen LogP contribution >= 0.6 is 22.7 Å². The van der Waals surface area contributed by atoms with Crippen LogP contribution in [0.15, 0.2) is 35.7 Å². The van der Waals surface area contributed by atoms with E-state index in [4.69, 9.17) is 4.74 Å². The Morgan fingerprint density at radius 1 is 1.26 bits per heavy atom. The first-order valence-electron chi connectivity index (χ1n) is 6.99. The minimum absolute atomic E-state index is 0.168. The summed E-state index contributed by atoms with van der Waals surface area (Å²) in [4.78, 5) is 12.6. The monoisotopic (exact) mass is 345 g/mol. The van der Waals surface area contributed by atoms with Crippen LogP contribution in [0.25, 0.3) is 0 Å². The van der Waals surface area contributed by atoms with Gasteiger partial charge in [-0.05, 0) is 42.5 Å². The number of nitrogens with one attached hydrogen (secondary N) is 1. The van der Waals surface area contributed by atoms with E-state index in [9.17, 15) is 4.79 Å². The van der Waals surface area contributed by atoms with Crippen molar-refractivity contribution in [3.63, 3.8) is 0 Å². The molecule has 0 radical (unpaired) electrons. The Morgan fingerprint density at radius 2 is 2.13 bits per heavy atom. The molecule has 0 unspecified atom stereocenters. The highest BCUT2D eigenvalue weighted by Gasteiger charge is 2.11. The Labute approximate surface area is 142 Å². The minimum atomic E-state index is -0.168. The van der Waals surface area contributed by atoms with Gasteiger partial charge in [-0.25, -0.2) is 0 Å². The molecule has 3 rings (SSSR count). The van der Waals surface area contributed by atoms with Gasteiger partial charge in [0, 0.05) is 0 Å². The van der Waals surface area contributed by atoms with Gasteiger partial charge in [-0.15, -0.1) is 21.5 Å². The normalized spacial score (nSPS) is 10.5. The van der Waals surface area contributed by atoms with Crippen LogP contribution in [0.2, 0.25) is 0 Å². The first kappa shape index (κ1) is 15.6. The number of carbonyl (C=O) groups excluding carboxylic acids is 1.